The Morgan fingerprint density at radius 1 is 1.26 bits per heavy atom. The topological polar surface area (TPSA) is 122 Å². The quantitative estimate of drug-likeness (QED) is 0.395. The third kappa shape index (κ3) is 5.58. The Balaban J connectivity index is 1.70. The molecule has 2 aromatic rings. The molecule has 164 valence electrons. The number of carbonyl (C=O) groups excluding carboxylic acids is 2. The summed E-state index contributed by atoms with van der Waals surface area (Å²) in [5.41, 5.74) is 1.99. The van der Waals surface area contributed by atoms with Gasteiger partial charge in [-0.25, -0.2) is 4.79 Å². The van der Waals surface area contributed by atoms with Gasteiger partial charge in [-0.1, -0.05) is 12.1 Å². The number of anilines is 1. The van der Waals surface area contributed by atoms with E-state index in [2.05, 4.69) is 10.1 Å². The molecule has 0 aromatic heterocycles. The SMILES string of the molecule is COC(=O)c1ccc(CCNC(=O)c2cc([N+](=O)[O-])ccc2N2CCCC(O)C2)cc1. The van der Waals surface area contributed by atoms with Crippen molar-refractivity contribution in [2.24, 2.45) is 0 Å². The van der Waals surface area contributed by atoms with E-state index in [0.717, 1.165) is 12.0 Å². The number of nitro groups is 1. The molecule has 0 spiro atoms. The molecule has 2 aromatic carbocycles. The largest absolute Gasteiger partial charge is 0.465 e. The van der Waals surface area contributed by atoms with Gasteiger partial charge in [-0.3, -0.25) is 14.9 Å². The van der Waals surface area contributed by atoms with Crippen LogP contribution in [0.4, 0.5) is 11.4 Å². The van der Waals surface area contributed by atoms with E-state index in [9.17, 15) is 24.8 Å². The van der Waals surface area contributed by atoms with Crippen LogP contribution in [0, 0.1) is 10.1 Å². The minimum atomic E-state index is -0.533. The van der Waals surface area contributed by atoms with Gasteiger partial charge in [0.05, 0.1) is 35.0 Å². The number of methoxy groups -OCH3 is 1. The number of amides is 1. The molecule has 9 heteroatoms. The first-order valence-electron chi connectivity index (χ1n) is 10.1. The Labute approximate surface area is 179 Å². The molecule has 1 atom stereocenters. The number of hydrogen-bond donors (Lipinski definition) is 2. The summed E-state index contributed by atoms with van der Waals surface area (Å²) in [6, 6.07) is 11.1. The van der Waals surface area contributed by atoms with E-state index >= 15 is 0 Å². The lowest BCUT2D eigenvalue weighted by molar-refractivity contribution is -0.384. The highest BCUT2D eigenvalue weighted by molar-refractivity contribution is 6.00. The maximum Gasteiger partial charge on any atom is 0.337 e. The fourth-order valence-electron chi connectivity index (χ4n) is 3.61. The number of piperidine rings is 1. The smallest absolute Gasteiger partial charge is 0.337 e. The van der Waals surface area contributed by atoms with Crippen LogP contribution in [0.15, 0.2) is 42.5 Å². The van der Waals surface area contributed by atoms with Crippen molar-refractivity contribution in [1.82, 2.24) is 5.32 Å². The minimum Gasteiger partial charge on any atom is -0.465 e. The maximum atomic E-state index is 12.9. The summed E-state index contributed by atoms with van der Waals surface area (Å²) in [6.45, 7) is 1.37. The molecular weight excluding hydrogens is 402 g/mol. The van der Waals surface area contributed by atoms with Crippen molar-refractivity contribution >= 4 is 23.3 Å². The van der Waals surface area contributed by atoms with Crippen molar-refractivity contribution < 1.29 is 24.4 Å². The number of rotatable bonds is 7. The molecule has 1 aliphatic rings. The highest BCUT2D eigenvalue weighted by Gasteiger charge is 2.24. The fourth-order valence-corrected chi connectivity index (χ4v) is 3.61. The molecule has 1 heterocycles. The summed E-state index contributed by atoms with van der Waals surface area (Å²) in [4.78, 5) is 36.9. The zero-order valence-corrected chi connectivity index (χ0v) is 17.2. The number of benzene rings is 2. The zero-order valence-electron chi connectivity index (χ0n) is 17.2. The van der Waals surface area contributed by atoms with Crippen molar-refractivity contribution in [3.8, 4) is 0 Å². The van der Waals surface area contributed by atoms with E-state index < -0.39 is 22.9 Å². The number of aliphatic hydroxyl groups is 1. The van der Waals surface area contributed by atoms with Gasteiger partial charge < -0.3 is 20.1 Å². The Bertz CT molecular complexity index is 960. The van der Waals surface area contributed by atoms with Gasteiger partial charge in [0.25, 0.3) is 11.6 Å². The maximum absolute atomic E-state index is 12.9. The number of nitrogens with zero attached hydrogens (tertiary/aromatic N) is 2. The summed E-state index contributed by atoms with van der Waals surface area (Å²) < 4.78 is 4.67. The Kier molecular flexibility index (Phi) is 7.19. The average Bonchev–Trinajstić information content (AvgIpc) is 2.78. The highest BCUT2D eigenvalue weighted by Crippen LogP contribution is 2.28. The van der Waals surface area contributed by atoms with E-state index in [0.29, 0.717) is 43.7 Å². The van der Waals surface area contributed by atoms with Gasteiger partial charge in [0.2, 0.25) is 0 Å². The standard InChI is InChI=1S/C22H25N3O6/c1-31-22(28)16-6-4-15(5-7-16)10-11-23-21(27)19-13-17(25(29)30)8-9-20(19)24-12-2-3-18(26)14-24/h4-9,13,18,26H,2-3,10-12,14H2,1H3,(H,23,27). The van der Waals surface area contributed by atoms with Crippen LogP contribution in [-0.2, 0) is 11.2 Å². The van der Waals surface area contributed by atoms with E-state index in [-0.39, 0.29) is 11.3 Å². The summed E-state index contributed by atoms with van der Waals surface area (Å²) in [6.07, 6.45) is 1.51. The summed E-state index contributed by atoms with van der Waals surface area (Å²) >= 11 is 0. The van der Waals surface area contributed by atoms with Gasteiger partial charge in [-0.2, -0.15) is 0 Å². The van der Waals surface area contributed by atoms with Crippen LogP contribution in [0.3, 0.4) is 0 Å². The first kappa shape index (κ1) is 22.2. The third-order valence-electron chi connectivity index (χ3n) is 5.25. The van der Waals surface area contributed by atoms with Crippen LogP contribution in [-0.4, -0.2) is 54.8 Å². The number of non-ortho nitro benzene ring substituents is 1. The predicted octanol–water partition coefficient (Wildman–Crippen LogP) is 2.32. The Hall–Kier alpha value is -3.46. The molecule has 9 nitrogen and oxygen atoms in total. The lowest BCUT2D eigenvalue weighted by atomic mass is 10.0. The monoisotopic (exact) mass is 427 g/mol. The summed E-state index contributed by atoms with van der Waals surface area (Å²) in [7, 11) is 1.32. The molecule has 0 radical (unpaired) electrons. The van der Waals surface area contributed by atoms with Gasteiger partial charge >= 0.3 is 5.97 Å². The lowest BCUT2D eigenvalue weighted by Gasteiger charge is -2.33. The first-order valence-corrected chi connectivity index (χ1v) is 10.1. The van der Waals surface area contributed by atoms with Crippen molar-refractivity contribution in [1.29, 1.82) is 0 Å². The van der Waals surface area contributed by atoms with Crippen molar-refractivity contribution in [2.75, 3.05) is 31.6 Å². The first-order chi connectivity index (χ1) is 14.9. The molecule has 31 heavy (non-hydrogen) atoms. The number of hydrogen-bond acceptors (Lipinski definition) is 7. The van der Waals surface area contributed by atoms with Crippen LogP contribution in [0.2, 0.25) is 0 Å². The molecule has 1 saturated heterocycles. The van der Waals surface area contributed by atoms with Crippen LogP contribution in [0.25, 0.3) is 0 Å². The van der Waals surface area contributed by atoms with Gasteiger partial charge in [0.15, 0.2) is 0 Å². The van der Waals surface area contributed by atoms with Crippen molar-refractivity contribution in [3.63, 3.8) is 0 Å². The second-order valence-corrected chi connectivity index (χ2v) is 7.40. The zero-order chi connectivity index (χ0) is 22.4. The molecule has 3 rings (SSSR count). The van der Waals surface area contributed by atoms with Crippen molar-refractivity contribution in [2.45, 2.75) is 25.4 Å². The Morgan fingerprint density at radius 2 is 2.00 bits per heavy atom. The van der Waals surface area contributed by atoms with Gasteiger partial charge in [0.1, 0.15) is 0 Å². The highest BCUT2D eigenvalue weighted by atomic mass is 16.6. The van der Waals surface area contributed by atoms with Gasteiger partial charge in [0, 0.05) is 31.8 Å². The van der Waals surface area contributed by atoms with E-state index in [1.807, 2.05) is 4.90 Å². The van der Waals surface area contributed by atoms with Crippen LogP contribution in [0.1, 0.15) is 39.1 Å². The van der Waals surface area contributed by atoms with Crippen LogP contribution >= 0.6 is 0 Å². The molecule has 1 aliphatic heterocycles. The second-order valence-electron chi connectivity index (χ2n) is 7.40. The third-order valence-corrected chi connectivity index (χ3v) is 5.25. The molecule has 0 aliphatic carbocycles. The number of β-amino-alcohol motifs (C(OH)–C–C–N with tert-alkyl or cyclic N) is 1. The number of nitrogens with one attached hydrogen (secondary N) is 1. The molecule has 1 fully saturated rings. The number of esters is 1. The number of carbonyl (C=O) groups is 2. The van der Waals surface area contributed by atoms with Crippen molar-refractivity contribution in [3.05, 3.63) is 69.3 Å². The van der Waals surface area contributed by atoms with Crippen LogP contribution < -0.4 is 10.2 Å². The van der Waals surface area contributed by atoms with Gasteiger partial charge in [-0.05, 0) is 43.0 Å². The normalized spacial score (nSPS) is 15.9. The fraction of sp³-hybridized carbons (Fsp3) is 0.364. The number of aliphatic hydroxyl groups excluding tert-OH is 1. The molecule has 2 N–H and O–H groups in total. The second kappa shape index (κ2) is 10.0. The average molecular weight is 427 g/mol. The molecular formula is C22H25N3O6. The molecule has 1 unspecified atom stereocenters. The number of ether oxygens (including phenoxy) is 1. The molecule has 0 saturated carbocycles. The number of nitro benzene ring substituents is 1. The van der Waals surface area contributed by atoms with E-state index in [1.165, 1.54) is 19.2 Å². The summed E-state index contributed by atoms with van der Waals surface area (Å²) in [5.74, 6) is -0.828. The molecule has 0 bridgehead atoms. The minimum absolute atomic E-state index is 0.162. The predicted molar refractivity (Wildman–Crippen MR) is 114 cm³/mol. The molecule has 1 amide bonds. The van der Waals surface area contributed by atoms with E-state index in [1.54, 1.807) is 30.3 Å². The Morgan fingerprint density at radius 3 is 2.65 bits per heavy atom. The van der Waals surface area contributed by atoms with Crippen LogP contribution in [0.5, 0.6) is 0 Å². The van der Waals surface area contributed by atoms with Gasteiger partial charge in [-0.15, -0.1) is 0 Å². The lowest BCUT2D eigenvalue weighted by Crippen LogP contribution is -2.39. The summed E-state index contributed by atoms with van der Waals surface area (Å²) in [5, 5.41) is 24.0. The van der Waals surface area contributed by atoms with E-state index in [4.69, 9.17) is 0 Å².